The maximum Gasteiger partial charge on any atom is 0.123 e. The van der Waals surface area contributed by atoms with Crippen molar-refractivity contribution in [2.45, 2.75) is 6.10 Å². The molecule has 0 heterocycles. The van der Waals surface area contributed by atoms with E-state index >= 15 is 0 Å². The summed E-state index contributed by atoms with van der Waals surface area (Å²) in [4.78, 5) is 0. The molecule has 0 N–H and O–H groups in total. The van der Waals surface area contributed by atoms with E-state index in [1.165, 1.54) is 12.1 Å². The van der Waals surface area contributed by atoms with Gasteiger partial charge < -0.3 is 9.47 Å². The lowest BCUT2D eigenvalue weighted by molar-refractivity contribution is 0.0483. The van der Waals surface area contributed by atoms with Crippen molar-refractivity contribution in [1.29, 1.82) is 0 Å². The summed E-state index contributed by atoms with van der Waals surface area (Å²) < 4.78 is 25.1. The van der Waals surface area contributed by atoms with Gasteiger partial charge >= 0.3 is 0 Å². The molecule has 0 aliphatic rings. The lowest BCUT2D eigenvalue weighted by Crippen LogP contribution is -2.12. The Morgan fingerprint density at radius 1 is 0.950 bits per heavy atom. The Kier molecular flexibility index (Phi) is 6.26. The van der Waals surface area contributed by atoms with Gasteiger partial charge in [-0.2, -0.15) is 0 Å². The molecule has 106 valence electrons. The number of ether oxygens (including phenoxy) is 2. The summed E-state index contributed by atoms with van der Waals surface area (Å²) in [5, 5.41) is 0. The van der Waals surface area contributed by atoms with Gasteiger partial charge in [-0.3, -0.25) is 0 Å². The second-order valence-corrected chi connectivity index (χ2v) is 5.11. The molecule has 0 aliphatic heterocycles. The summed E-state index contributed by atoms with van der Waals surface area (Å²) >= 11 is 2.27. The smallest absolute Gasteiger partial charge is 0.123 e. The van der Waals surface area contributed by atoms with Crippen LogP contribution in [0.15, 0.2) is 54.6 Å². The molecule has 2 aromatic carbocycles. The predicted molar refractivity (Wildman–Crippen MR) is 85.9 cm³/mol. The number of alkyl halides is 1. The molecule has 1 unspecified atom stereocenters. The van der Waals surface area contributed by atoms with Crippen molar-refractivity contribution in [3.63, 3.8) is 0 Å². The van der Waals surface area contributed by atoms with Crippen LogP contribution in [0, 0.1) is 5.82 Å². The first-order valence-corrected chi connectivity index (χ1v) is 7.93. The minimum absolute atomic E-state index is 0.0319. The summed E-state index contributed by atoms with van der Waals surface area (Å²) in [5.41, 5.74) is 0.987. The van der Waals surface area contributed by atoms with E-state index in [4.69, 9.17) is 9.47 Å². The van der Waals surface area contributed by atoms with Crippen LogP contribution in [-0.2, 0) is 4.74 Å². The summed E-state index contributed by atoms with van der Waals surface area (Å²) in [6.07, 6.45) is -0.0319. The number of rotatable bonds is 7. The van der Waals surface area contributed by atoms with Gasteiger partial charge in [0.2, 0.25) is 0 Å². The van der Waals surface area contributed by atoms with Crippen LogP contribution in [0.2, 0.25) is 0 Å². The average molecular weight is 386 g/mol. The molecule has 20 heavy (non-hydrogen) atoms. The van der Waals surface area contributed by atoms with Gasteiger partial charge in [-0.25, -0.2) is 4.39 Å². The summed E-state index contributed by atoms with van der Waals surface area (Å²) in [6, 6.07) is 16.1. The molecule has 0 bridgehead atoms. The lowest BCUT2D eigenvalue weighted by Gasteiger charge is -2.16. The number of hydrogen-bond acceptors (Lipinski definition) is 2. The van der Waals surface area contributed by atoms with E-state index in [0.29, 0.717) is 13.2 Å². The summed E-state index contributed by atoms with van der Waals surface area (Å²) in [5.74, 6) is 0.609. The van der Waals surface area contributed by atoms with Gasteiger partial charge in [0.05, 0.1) is 12.7 Å². The van der Waals surface area contributed by atoms with Crippen molar-refractivity contribution in [3.05, 3.63) is 66.0 Å². The first-order chi connectivity index (χ1) is 9.79. The van der Waals surface area contributed by atoms with E-state index in [0.717, 1.165) is 15.7 Å². The van der Waals surface area contributed by atoms with Crippen LogP contribution in [0.4, 0.5) is 4.39 Å². The maximum absolute atomic E-state index is 12.9. The highest BCUT2D eigenvalue weighted by Gasteiger charge is 2.10. The SMILES string of the molecule is Fc1ccc(C(CI)OCCOc2ccccc2)cc1. The highest BCUT2D eigenvalue weighted by molar-refractivity contribution is 14.1. The van der Waals surface area contributed by atoms with E-state index in [2.05, 4.69) is 22.6 Å². The van der Waals surface area contributed by atoms with Crippen LogP contribution in [0.5, 0.6) is 5.75 Å². The molecule has 0 amide bonds. The molecule has 0 saturated heterocycles. The van der Waals surface area contributed by atoms with Crippen molar-refractivity contribution in [3.8, 4) is 5.75 Å². The highest BCUT2D eigenvalue weighted by atomic mass is 127. The Labute approximate surface area is 132 Å². The summed E-state index contributed by atoms with van der Waals surface area (Å²) in [7, 11) is 0. The molecular formula is C16H16FIO2. The number of hydrogen-bond donors (Lipinski definition) is 0. The second kappa shape index (κ2) is 8.21. The predicted octanol–water partition coefficient (Wildman–Crippen LogP) is 4.40. The Morgan fingerprint density at radius 2 is 1.65 bits per heavy atom. The van der Waals surface area contributed by atoms with E-state index in [9.17, 15) is 4.39 Å². The minimum atomic E-state index is -0.228. The molecule has 0 aromatic heterocycles. The maximum atomic E-state index is 12.9. The Bertz CT molecular complexity index is 502. The van der Waals surface area contributed by atoms with E-state index < -0.39 is 0 Å². The molecule has 2 nitrogen and oxygen atoms in total. The third-order valence-corrected chi connectivity index (χ3v) is 3.60. The third-order valence-electron chi connectivity index (χ3n) is 2.80. The standard InChI is InChI=1S/C16H16FIO2/c17-14-8-6-13(7-9-14)16(12-18)20-11-10-19-15-4-2-1-3-5-15/h1-9,16H,10-12H2. The minimum Gasteiger partial charge on any atom is -0.491 e. The van der Waals surface area contributed by atoms with Crippen molar-refractivity contribution in [2.24, 2.45) is 0 Å². The van der Waals surface area contributed by atoms with Gasteiger partial charge in [0.1, 0.15) is 18.2 Å². The first-order valence-electron chi connectivity index (χ1n) is 6.40. The molecule has 4 heteroatoms. The number of benzene rings is 2. The molecule has 0 radical (unpaired) electrons. The van der Waals surface area contributed by atoms with Crippen LogP contribution >= 0.6 is 22.6 Å². The van der Waals surface area contributed by atoms with Gasteiger partial charge in [-0.05, 0) is 29.8 Å². The van der Waals surface area contributed by atoms with Gasteiger partial charge in [-0.1, -0.05) is 52.9 Å². The molecule has 0 fully saturated rings. The monoisotopic (exact) mass is 386 g/mol. The fraction of sp³-hybridized carbons (Fsp3) is 0.250. The normalized spacial score (nSPS) is 12.1. The average Bonchev–Trinajstić information content (AvgIpc) is 2.50. The van der Waals surface area contributed by atoms with Gasteiger partial charge in [0, 0.05) is 4.43 Å². The quantitative estimate of drug-likeness (QED) is 0.399. The Hall–Kier alpha value is -1.14. The number of halogens is 2. The van der Waals surface area contributed by atoms with Crippen LogP contribution in [0.3, 0.4) is 0 Å². The van der Waals surface area contributed by atoms with Gasteiger partial charge in [0.25, 0.3) is 0 Å². The molecule has 0 spiro atoms. The molecule has 0 aliphatic carbocycles. The molecule has 1 atom stereocenters. The summed E-state index contributed by atoms with van der Waals surface area (Å²) in [6.45, 7) is 0.998. The van der Waals surface area contributed by atoms with Crippen molar-refractivity contribution in [2.75, 3.05) is 17.6 Å². The third kappa shape index (κ3) is 4.76. The number of para-hydroxylation sites is 1. The Balaban J connectivity index is 1.78. The van der Waals surface area contributed by atoms with Crippen molar-refractivity contribution >= 4 is 22.6 Å². The van der Waals surface area contributed by atoms with E-state index in [1.807, 2.05) is 30.3 Å². The van der Waals surface area contributed by atoms with Crippen molar-refractivity contribution in [1.82, 2.24) is 0 Å². The highest BCUT2D eigenvalue weighted by Crippen LogP contribution is 2.20. The van der Waals surface area contributed by atoms with E-state index in [-0.39, 0.29) is 11.9 Å². The van der Waals surface area contributed by atoms with Crippen LogP contribution in [0.25, 0.3) is 0 Å². The molecule has 0 saturated carbocycles. The Morgan fingerprint density at radius 3 is 2.30 bits per heavy atom. The van der Waals surface area contributed by atoms with Crippen molar-refractivity contribution < 1.29 is 13.9 Å². The molecule has 2 rings (SSSR count). The fourth-order valence-corrected chi connectivity index (χ4v) is 2.54. The zero-order chi connectivity index (χ0) is 14.2. The first kappa shape index (κ1) is 15.3. The molecule has 2 aromatic rings. The van der Waals surface area contributed by atoms with Crippen LogP contribution < -0.4 is 4.74 Å². The van der Waals surface area contributed by atoms with Crippen LogP contribution in [-0.4, -0.2) is 17.6 Å². The fourth-order valence-electron chi connectivity index (χ4n) is 1.77. The van der Waals surface area contributed by atoms with Gasteiger partial charge in [0.15, 0.2) is 0 Å². The molecular weight excluding hydrogens is 370 g/mol. The second-order valence-electron chi connectivity index (χ2n) is 4.23. The largest absolute Gasteiger partial charge is 0.491 e. The van der Waals surface area contributed by atoms with E-state index in [1.54, 1.807) is 12.1 Å². The topological polar surface area (TPSA) is 18.5 Å². The van der Waals surface area contributed by atoms with Crippen LogP contribution in [0.1, 0.15) is 11.7 Å². The lowest BCUT2D eigenvalue weighted by atomic mass is 10.1. The zero-order valence-electron chi connectivity index (χ0n) is 11.0. The zero-order valence-corrected chi connectivity index (χ0v) is 13.1. The van der Waals surface area contributed by atoms with Gasteiger partial charge in [-0.15, -0.1) is 0 Å².